The van der Waals surface area contributed by atoms with Gasteiger partial charge in [-0.3, -0.25) is 9.55 Å². The monoisotopic (exact) mass is 895 g/mol. The van der Waals surface area contributed by atoms with E-state index >= 15 is 0 Å². The average molecular weight is 895 g/mol. The Bertz CT molecular complexity index is 3440. The van der Waals surface area contributed by atoms with E-state index < -0.39 is 31.4 Å². The predicted octanol–water partition coefficient (Wildman–Crippen LogP) is 17.3. The Kier molecular flexibility index (Phi) is 9.23. The molecular weight excluding hydrogens is 815 g/mol. The highest BCUT2D eigenvalue weighted by Crippen LogP contribution is 2.46. The number of phenolic OH excluding ortho intramolecular Hbond substituents is 1. The van der Waals surface area contributed by atoms with Crippen molar-refractivity contribution in [2.24, 2.45) is 0 Å². The maximum absolute atomic E-state index is 12.6. The van der Waals surface area contributed by atoms with Gasteiger partial charge in [0.25, 0.3) is 0 Å². The lowest BCUT2D eigenvalue weighted by Crippen LogP contribution is -2.17. The van der Waals surface area contributed by atoms with Crippen molar-refractivity contribution >= 4 is 11.0 Å². The van der Waals surface area contributed by atoms with Crippen LogP contribution in [-0.2, 0) is 27.1 Å². The first-order valence-corrected chi connectivity index (χ1v) is 23.3. The van der Waals surface area contributed by atoms with Gasteiger partial charge in [0.15, 0.2) is 0 Å². The molecule has 0 fully saturated rings. The molecule has 4 nitrogen and oxygen atoms in total. The maximum atomic E-state index is 12.6. The van der Waals surface area contributed by atoms with Crippen LogP contribution in [-0.4, -0.2) is 19.6 Å². The summed E-state index contributed by atoms with van der Waals surface area (Å²) in [5.74, 6) is 0.792. The zero-order valence-corrected chi connectivity index (χ0v) is 41.5. The molecule has 0 spiro atoms. The molecule has 0 amide bonds. The summed E-state index contributed by atoms with van der Waals surface area (Å²) in [6, 6.07) is 41.7. The molecule has 344 valence electrons. The number of aromatic nitrogens is 3. The maximum Gasteiger partial charge on any atom is 0.149 e. The third kappa shape index (κ3) is 9.51. The zero-order chi connectivity index (χ0) is 56.1. The van der Waals surface area contributed by atoms with E-state index in [1.54, 1.807) is 24.4 Å². The van der Waals surface area contributed by atoms with Crippen LogP contribution in [0.4, 0.5) is 0 Å². The molecule has 0 radical (unpaired) electrons. The van der Waals surface area contributed by atoms with Crippen molar-refractivity contribution in [3.8, 4) is 67.5 Å². The van der Waals surface area contributed by atoms with Crippen LogP contribution < -0.4 is 0 Å². The summed E-state index contributed by atoms with van der Waals surface area (Å²) in [4.78, 5) is 10.5. The Balaban J connectivity index is 1.37. The highest BCUT2D eigenvalue weighted by molar-refractivity contribution is 5.98. The number of nitrogens with zero attached hydrogens (tertiary/aromatic N) is 3. The molecule has 1 N–H and O–H groups in total. The molecule has 0 saturated heterocycles. The predicted molar refractivity (Wildman–Crippen MR) is 286 cm³/mol. The number of hydrogen-bond acceptors (Lipinski definition) is 3. The van der Waals surface area contributed by atoms with Crippen molar-refractivity contribution < 1.29 is 17.4 Å². The number of pyridine rings is 1. The van der Waals surface area contributed by atoms with E-state index in [-0.39, 0.29) is 27.6 Å². The Morgan fingerprint density at radius 2 is 1.07 bits per heavy atom. The lowest BCUT2D eigenvalue weighted by atomic mass is 9.79. The van der Waals surface area contributed by atoms with Crippen molar-refractivity contribution in [2.75, 3.05) is 0 Å². The molecule has 0 bridgehead atoms. The van der Waals surface area contributed by atoms with Crippen molar-refractivity contribution in [3.05, 3.63) is 167 Å². The Morgan fingerprint density at radius 1 is 0.478 bits per heavy atom. The van der Waals surface area contributed by atoms with E-state index in [1.807, 2.05) is 6.07 Å². The second-order valence-electron chi connectivity index (χ2n) is 22.5. The number of aromatic hydroxyl groups is 1. The van der Waals surface area contributed by atoms with Gasteiger partial charge in [0, 0.05) is 40.8 Å². The van der Waals surface area contributed by atoms with Gasteiger partial charge >= 0.3 is 0 Å². The summed E-state index contributed by atoms with van der Waals surface area (Å²) in [5.41, 5.74) is 10.7. The molecular formula is C63H71N3O. The topological polar surface area (TPSA) is 50.9 Å². The van der Waals surface area contributed by atoms with Crippen molar-refractivity contribution in [2.45, 2.75) is 138 Å². The van der Waals surface area contributed by atoms with Crippen molar-refractivity contribution in [1.82, 2.24) is 14.5 Å². The van der Waals surface area contributed by atoms with Gasteiger partial charge in [-0.05, 0) is 127 Å². The van der Waals surface area contributed by atoms with Crippen molar-refractivity contribution in [3.63, 3.8) is 0 Å². The van der Waals surface area contributed by atoms with Gasteiger partial charge in [0.1, 0.15) is 11.6 Å². The quantitative estimate of drug-likeness (QED) is 0.181. The molecule has 0 aliphatic carbocycles. The lowest BCUT2D eigenvalue weighted by molar-refractivity contribution is 0.446. The third-order valence-electron chi connectivity index (χ3n) is 13.0. The molecule has 0 saturated carbocycles. The van der Waals surface area contributed by atoms with Gasteiger partial charge in [-0.2, -0.15) is 0 Å². The van der Waals surface area contributed by atoms with Crippen LogP contribution in [0.2, 0.25) is 0 Å². The van der Waals surface area contributed by atoms with E-state index in [0.717, 1.165) is 66.8 Å². The minimum Gasteiger partial charge on any atom is -0.507 e. The number of fused-ring (bicyclic) bond motifs is 1. The second kappa shape index (κ2) is 16.8. The number of benzene rings is 6. The van der Waals surface area contributed by atoms with Crippen LogP contribution in [0, 0.1) is 6.92 Å². The summed E-state index contributed by atoms with van der Waals surface area (Å²) < 4.78 is 76.2. The van der Waals surface area contributed by atoms with E-state index in [1.165, 1.54) is 17.7 Å². The second-order valence-corrected chi connectivity index (χ2v) is 22.5. The molecule has 0 unspecified atom stereocenters. The van der Waals surface area contributed by atoms with Gasteiger partial charge in [0.2, 0.25) is 0 Å². The van der Waals surface area contributed by atoms with Crippen LogP contribution in [0.5, 0.6) is 5.75 Å². The first-order chi connectivity index (χ1) is 34.9. The Labute approximate surface area is 413 Å². The fourth-order valence-corrected chi connectivity index (χ4v) is 8.84. The van der Waals surface area contributed by atoms with Crippen LogP contribution in [0.1, 0.15) is 149 Å². The van der Waals surface area contributed by atoms with Crippen LogP contribution in [0.3, 0.4) is 0 Å². The lowest BCUT2D eigenvalue weighted by Gasteiger charge is -2.27. The van der Waals surface area contributed by atoms with Crippen molar-refractivity contribution in [1.29, 1.82) is 0 Å². The fraction of sp³-hybridized carbons (Fsp3) is 0.333. The molecule has 2 aromatic heterocycles. The minimum atomic E-state index is -3.37. The zero-order valence-electron chi connectivity index (χ0n) is 50.5. The SMILES string of the molecule is [2H]C([2H])([2H])C(c1ccc(-c2ccnc(-c3cc(-c4cccc5c4nc(-c4cc(C(C)(C)C)cc(C(C)(C)C)c4O)n5-c4ccc(C)cc4-c4ccc(C(C)(C)C)cc4)cc(C(C)(C)C)c3)c2)cc1)(C([2H])([2H])[2H])C([2H])([2H])[2H]. The highest BCUT2D eigenvalue weighted by atomic mass is 16.3. The van der Waals surface area contributed by atoms with E-state index in [0.29, 0.717) is 28.2 Å². The minimum absolute atomic E-state index is 0.0267. The van der Waals surface area contributed by atoms with E-state index in [2.05, 4.69) is 186 Å². The number of rotatable bonds is 6. The van der Waals surface area contributed by atoms with Crippen LogP contribution in [0.25, 0.3) is 72.7 Å². The molecule has 4 heteroatoms. The van der Waals surface area contributed by atoms with Gasteiger partial charge in [-0.25, -0.2) is 4.98 Å². The van der Waals surface area contributed by atoms with E-state index in [9.17, 15) is 5.11 Å². The first-order valence-electron chi connectivity index (χ1n) is 27.8. The number of aryl methyl sites for hydroxylation is 1. The molecule has 0 atom stereocenters. The number of phenols is 1. The largest absolute Gasteiger partial charge is 0.507 e. The Morgan fingerprint density at radius 3 is 1.69 bits per heavy atom. The van der Waals surface area contributed by atoms with Crippen LogP contribution >= 0.6 is 0 Å². The third-order valence-corrected chi connectivity index (χ3v) is 13.0. The molecule has 8 rings (SSSR count). The normalized spacial score (nSPS) is 15.4. The molecule has 2 heterocycles. The summed E-state index contributed by atoms with van der Waals surface area (Å²) in [6.45, 7) is 18.1. The van der Waals surface area contributed by atoms with Gasteiger partial charge in [-0.1, -0.05) is 188 Å². The molecule has 67 heavy (non-hydrogen) atoms. The standard InChI is InChI=1S/C63H71N3O/c1-39-20-29-54(50(32-39)41-23-27-46(28-24-41)60(5,6)7)66-55-19-17-18-49(56(55)65-58(66)51-37-48(62(11,12)13)38-52(57(51)67)63(14,15)16)43-33-44(35-47(34-43)61(8,9)10)53-36-42(30-31-64-53)40-21-25-45(26-22-40)59(2,3)4/h17-38,67H,1-16H3/i2D3,3D3,4D3. The fourth-order valence-electron chi connectivity index (χ4n) is 8.84. The molecule has 0 aliphatic rings. The molecule has 0 aliphatic heterocycles. The van der Waals surface area contributed by atoms with Crippen LogP contribution in [0.15, 0.2) is 134 Å². The number of imidazole rings is 1. The number of hydrogen-bond donors (Lipinski definition) is 1. The van der Waals surface area contributed by atoms with E-state index in [4.69, 9.17) is 22.3 Å². The summed E-state index contributed by atoms with van der Waals surface area (Å²) in [6.07, 6.45) is 1.69. The average Bonchev–Trinajstić information content (AvgIpc) is 3.68. The summed E-state index contributed by atoms with van der Waals surface area (Å²) in [7, 11) is 0. The smallest absolute Gasteiger partial charge is 0.149 e. The Hall–Kier alpha value is -6.26. The van der Waals surface area contributed by atoms with Gasteiger partial charge in [0.05, 0.1) is 28.0 Å². The summed E-state index contributed by atoms with van der Waals surface area (Å²) >= 11 is 0. The first kappa shape index (κ1) is 36.8. The summed E-state index contributed by atoms with van der Waals surface area (Å²) in [5, 5.41) is 12.6. The number of para-hydroxylation sites is 1. The highest BCUT2D eigenvalue weighted by Gasteiger charge is 2.30. The van der Waals surface area contributed by atoms with Gasteiger partial charge in [-0.15, -0.1) is 0 Å². The van der Waals surface area contributed by atoms with Gasteiger partial charge < -0.3 is 5.11 Å². The molecule has 8 aromatic rings. The molecule has 6 aromatic carbocycles.